The van der Waals surface area contributed by atoms with Gasteiger partial charge in [-0.1, -0.05) is 12.1 Å². The first-order valence-corrected chi connectivity index (χ1v) is 13.2. The van der Waals surface area contributed by atoms with Crippen molar-refractivity contribution in [2.75, 3.05) is 24.7 Å². The lowest BCUT2D eigenvalue weighted by Crippen LogP contribution is -2.42. The lowest BCUT2D eigenvalue weighted by molar-refractivity contribution is 0.0494. The summed E-state index contributed by atoms with van der Waals surface area (Å²) in [5.74, 6) is 1.21. The number of benzene rings is 2. The molecule has 0 saturated carbocycles. The van der Waals surface area contributed by atoms with Gasteiger partial charge in [0.25, 0.3) is 0 Å². The number of ether oxygens (including phenoxy) is 1. The van der Waals surface area contributed by atoms with Crippen LogP contribution in [0.4, 0.5) is 4.39 Å². The van der Waals surface area contributed by atoms with Crippen LogP contribution in [0.2, 0.25) is 0 Å². The number of hydrogen-bond acceptors (Lipinski definition) is 7. The van der Waals surface area contributed by atoms with E-state index in [1.54, 1.807) is 48.5 Å². The number of carbonyl (C=O) groups is 1. The Morgan fingerprint density at radius 3 is 2.60 bits per heavy atom. The topological polar surface area (TPSA) is 97.1 Å². The molecular formula is C26H28FNO6S. The molecule has 186 valence electrons. The Hall–Kier alpha value is -3.01. The standard InChI is InChI=1S/C26H28FNO6S/c1-18(29)24-4-2-3-5-26(24)33-16-22(30)14-28(21-12-13-35(31,32)17-21)15-23-10-11-25(34-23)19-6-8-20(27)9-7-19/h2-11,21-22,30H,12-17H2,1H3. The van der Waals surface area contributed by atoms with Crippen LogP contribution in [0.25, 0.3) is 11.3 Å². The maximum atomic E-state index is 13.2. The van der Waals surface area contributed by atoms with Crippen molar-refractivity contribution in [3.8, 4) is 17.1 Å². The van der Waals surface area contributed by atoms with Crippen molar-refractivity contribution in [2.45, 2.75) is 32.0 Å². The third kappa shape index (κ3) is 6.56. The summed E-state index contributed by atoms with van der Waals surface area (Å²) in [5, 5.41) is 10.7. The fraction of sp³-hybridized carbons (Fsp3) is 0.346. The first kappa shape index (κ1) is 25.1. The highest BCUT2D eigenvalue weighted by Gasteiger charge is 2.33. The van der Waals surface area contributed by atoms with Gasteiger partial charge in [-0.15, -0.1) is 0 Å². The van der Waals surface area contributed by atoms with Crippen molar-refractivity contribution in [2.24, 2.45) is 0 Å². The number of halogens is 1. The monoisotopic (exact) mass is 501 g/mol. The highest BCUT2D eigenvalue weighted by molar-refractivity contribution is 7.91. The Bertz CT molecular complexity index is 1270. The predicted octanol–water partition coefficient (Wildman–Crippen LogP) is 3.72. The van der Waals surface area contributed by atoms with Crippen LogP contribution in [0.1, 0.15) is 29.5 Å². The molecule has 1 saturated heterocycles. The van der Waals surface area contributed by atoms with Gasteiger partial charge in [-0.3, -0.25) is 9.69 Å². The SMILES string of the molecule is CC(=O)c1ccccc1OCC(O)CN(Cc1ccc(-c2ccc(F)cc2)o1)C1CCS(=O)(=O)C1. The highest BCUT2D eigenvalue weighted by Crippen LogP contribution is 2.26. The molecule has 3 aromatic rings. The number of para-hydroxylation sites is 1. The summed E-state index contributed by atoms with van der Waals surface area (Å²) >= 11 is 0. The van der Waals surface area contributed by atoms with Crippen molar-refractivity contribution < 1.29 is 31.9 Å². The van der Waals surface area contributed by atoms with Gasteiger partial charge >= 0.3 is 0 Å². The Labute approximate surface area is 204 Å². The minimum absolute atomic E-state index is 0.0132. The number of aliphatic hydroxyl groups is 1. The van der Waals surface area contributed by atoms with Gasteiger partial charge in [-0.25, -0.2) is 12.8 Å². The number of sulfone groups is 1. The second-order valence-electron chi connectivity index (χ2n) is 8.78. The van der Waals surface area contributed by atoms with E-state index in [0.29, 0.717) is 35.8 Å². The van der Waals surface area contributed by atoms with Crippen LogP contribution in [0, 0.1) is 5.82 Å². The molecule has 2 atom stereocenters. The number of aliphatic hydroxyl groups excluding tert-OH is 1. The minimum Gasteiger partial charge on any atom is -0.490 e. The van der Waals surface area contributed by atoms with Crippen molar-refractivity contribution >= 4 is 15.6 Å². The molecule has 4 rings (SSSR count). The maximum Gasteiger partial charge on any atom is 0.163 e. The summed E-state index contributed by atoms with van der Waals surface area (Å²) in [4.78, 5) is 13.7. The number of hydrogen-bond donors (Lipinski definition) is 1. The van der Waals surface area contributed by atoms with E-state index in [1.807, 2.05) is 4.90 Å². The Kier molecular flexibility index (Phi) is 7.69. The van der Waals surface area contributed by atoms with E-state index in [2.05, 4.69) is 0 Å². The van der Waals surface area contributed by atoms with E-state index in [0.717, 1.165) is 5.56 Å². The van der Waals surface area contributed by atoms with E-state index < -0.39 is 15.9 Å². The molecular weight excluding hydrogens is 473 g/mol. The minimum atomic E-state index is -3.14. The van der Waals surface area contributed by atoms with Gasteiger partial charge in [0.05, 0.1) is 23.6 Å². The van der Waals surface area contributed by atoms with Crippen LogP contribution < -0.4 is 4.74 Å². The molecule has 0 aliphatic carbocycles. The molecule has 7 nitrogen and oxygen atoms in total. The van der Waals surface area contributed by atoms with Crippen LogP contribution in [-0.4, -0.2) is 61.0 Å². The van der Waals surface area contributed by atoms with Gasteiger partial charge in [0.2, 0.25) is 0 Å². The molecule has 0 radical (unpaired) electrons. The molecule has 1 aliphatic heterocycles. The van der Waals surface area contributed by atoms with Crippen LogP contribution in [0.3, 0.4) is 0 Å². The average molecular weight is 502 g/mol. The summed E-state index contributed by atoms with van der Waals surface area (Å²) in [5.41, 5.74) is 1.16. The van der Waals surface area contributed by atoms with Crippen LogP contribution >= 0.6 is 0 Å². The second kappa shape index (κ2) is 10.7. The van der Waals surface area contributed by atoms with Crippen LogP contribution in [-0.2, 0) is 16.4 Å². The zero-order valence-electron chi connectivity index (χ0n) is 19.4. The summed E-state index contributed by atoms with van der Waals surface area (Å²) in [6.45, 7) is 1.85. The molecule has 35 heavy (non-hydrogen) atoms. The number of nitrogens with zero attached hydrogens (tertiary/aromatic N) is 1. The molecule has 1 aliphatic rings. The Balaban J connectivity index is 1.45. The molecule has 1 aromatic heterocycles. The molecule has 2 unspecified atom stereocenters. The Morgan fingerprint density at radius 1 is 1.17 bits per heavy atom. The molecule has 1 N–H and O–H groups in total. The van der Waals surface area contributed by atoms with E-state index in [9.17, 15) is 22.7 Å². The predicted molar refractivity (Wildman–Crippen MR) is 130 cm³/mol. The normalized spacial score (nSPS) is 18.0. The van der Waals surface area contributed by atoms with E-state index in [1.165, 1.54) is 19.1 Å². The molecule has 0 spiro atoms. The maximum absolute atomic E-state index is 13.2. The molecule has 2 aromatic carbocycles. The van der Waals surface area contributed by atoms with Crippen molar-refractivity contribution in [1.29, 1.82) is 0 Å². The van der Waals surface area contributed by atoms with Gasteiger partial charge in [-0.2, -0.15) is 0 Å². The van der Waals surface area contributed by atoms with E-state index in [-0.39, 0.29) is 42.3 Å². The summed E-state index contributed by atoms with van der Waals surface area (Å²) in [7, 11) is -3.14. The second-order valence-corrected chi connectivity index (χ2v) is 11.0. The molecule has 1 fully saturated rings. The van der Waals surface area contributed by atoms with Crippen LogP contribution in [0.15, 0.2) is 65.1 Å². The highest BCUT2D eigenvalue weighted by atomic mass is 32.2. The van der Waals surface area contributed by atoms with E-state index >= 15 is 0 Å². The zero-order chi connectivity index (χ0) is 25.0. The number of rotatable bonds is 10. The smallest absolute Gasteiger partial charge is 0.163 e. The van der Waals surface area contributed by atoms with E-state index in [4.69, 9.17) is 9.15 Å². The average Bonchev–Trinajstić information content (AvgIpc) is 3.44. The Morgan fingerprint density at radius 2 is 1.91 bits per heavy atom. The number of furan rings is 1. The number of Topliss-reactive ketones (excluding diaryl/α,β-unsaturated/α-hetero) is 1. The largest absolute Gasteiger partial charge is 0.490 e. The molecule has 9 heteroatoms. The third-order valence-corrected chi connectivity index (χ3v) is 7.77. The van der Waals surface area contributed by atoms with Crippen molar-refractivity contribution in [1.82, 2.24) is 4.90 Å². The summed E-state index contributed by atoms with van der Waals surface area (Å²) < 4.78 is 49.1. The molecule has 0 amide bonds. The van der Waals surface area contributed by atoms with Gasteiger partial charge < -0.3 is 14.3 Å². The zero-order valence-corrected chi connectivity index (χ0v) is 20.2. The van der Waals surface area contributed by atoms with Crippen molar-refractivity contribution in [3.63, 3.8) is 0 Å². The fourth-order valence-corrected chi connectivity index (χ4v) is 5.99. The third-order valence-electron chi connectivity index (χ3n) is 6.02. The number of ketones is 1. The van der Waals surface area contributed by atoms with Gasteiger partial charge in [0, 0.05) is 18.2 Å². The van der Waals surface area contributed by atoms with Crippen LogP contribution in [0.5, 0.6) is 5.75 Å². The van der Waals surface area contributed by atoms with Gasteiger partial charge in [0.15, 0.2) is 15.6 Å². The lowest BCUT2D eigenvalue weighted by Gasteiger charge is -2.29. The van der Waals surface area contributed by atoms with Crippen molar-refractivity contribution in [3.05, 3.63) is 77.8 Å². The van der Waals surface area contributed by atoms with Gasteiger partial charge in [0.1, 0.15) is 35.8 Å². The first-order valence-electron chi connectivity index (χ1n) is 11.4. The fourth-order valence-electron chi connectivity index (χ4n) is 4.23. The lowest BCUT2D eigenvalue weighted by atomic mass is 10.1. The molecule has 2 heterocycles. The number of carbonyl (C=O) groups excluding carboxylic acids is 1. The molecule has 0 bridgehead atoms. The quantitative estimate of drug-likeness (QED) is 0.423. The summed E-state index contributed by atoms with van der Waals surface area (Å²) in [6, 6.07) is 16.1. The van der Waals surface area contributed by atoms with Gasteiger partial charge in [-0.05, 0) is 61.9 Å². The summed E-state index contributed by atoms with van der Waals surface area (Å²) in [6.07, 6.45) is -0.459. The first-order chi connectivity index (χ1) is 16.7.